The number of hydrogen-bond acceptors (Lipinski definition) is 19. The smallest absolute Gasteiger partial charge is 0.417 e. The summed E-state index contributed by atoms with van der Waals surface area (Å²) >= 11 is 0. The molecule has 27 nitrogen and oxygen atoms in total. The molecule has 0 unspecified atom stereocenters. The molecule has 19 rings (SSSR count). The van der Waals surface area contributed by atoms with Crippen molar-refractivity contribution in [2.75, 3.05) is 54.5 Å². The number of anilines is 4. The lowest BCUT2D eigenvalue weighted by Crippen LogP contribution is -2.43. The normalized spacial score (nSPS) is 12.1. The highest BCUT2D eigenvalue weighted by atomic mass is 19.4. The maximum absolute atomic E-state index is 13.7. The first-order valence-corrected chi connectivity index (χ1v) is 38.5. The SMILES string of the molecule is CN1CCN(Cc2ccc(NC(=O)c3n[nH]c4ccc(-c5cccnc5)cc34)cc2)CC1.O=C(Nc1ccc(Oc2cccc(F)c2)nc1)c1n[nH]c2ccc(-c3cccnc3)cc12.O=C(Nc1ccc(Oc2ccccc2F)nc1)c1n[nH]c2ccc(-c3cccnc3)cc12.O=C(Nc1ccncc1)c1n[nH]c2ccc(-c3cncc(C(F)(F)F)c3)cc12. The summed E-state index contributed by atoms with van der Waals surface area (Å²) in [5.41, 5.74) is 13.1. The van der Waals surface area contributed by atoms with Crippen molar-refractivity contribution in [1.29, 1.82) is 0 Å². The number of halogens is 5. The number of aromatic nitrogens is 15. The maximum atomic E-state index is 13.7. The highest BCUT2D eigenvalue weighted by molar-refractivity contribution is 6.14. The van der Waals surface area contributed by atoms with Crippen molar-refractivity contribution in [1.82, 2.24) is 85.5 Å². The van der Waals surface area contributed by atoms with Crippen LogP contribution in [0.15, 0.2) is 299 Å². The topological polar surface area (TPSA) is 346 Å². The zero-order chi connectivity index (χ0) is 85.5. The molecule has 7 aromatic carbocycles. The number of fused-ring (bicyclic) bond motifs is 4. The lowest BCUT2D eigenvalue weighted by atomic mass is 10.0. The molecule has 0 atom stereocenters. The number of carbonyl (C=O) groups excluding carboxylic acids is 4. The molecule has 8 N–H and O–H groups in total. The first-order chi connectivity index (χ1) is 60.4. The minimum absolute atomic E-state index is 0.0733. The summed E-state index contributed by atoms with van der Waals surface area (Å²) in [5.74, 6) is -1.43. The second-order valence-corrected chi connectivity index (χ2v) is 28.2. The van der Waals surface area contributed by atoms with E-state index in [4.69, 9.17) is 9.47 Å². The minimum atomic E-state index is -4.49. The third-order valence-electron chi connectivity index (χ3n) is 19.7. The molecule has 11 aromatic heterocycles. The molecule has 1 aliphatic rings. The third-order valence-corrected chi connectivity index (χ3v) is 19.7. The number of aromatic amines is 4. The number of H-pyrrole nitrogens is 4. The summed E-state index contributed by atoms with van der Waals surface area (Å²) < 4.78 is 76.8. The fraction of sp³-hybridized carbons (Fsp3) is 0.0761. The van der Waals surface area contributed by atoms with Crippen LogP contribution in [0.3, 0.4) is 0 Å². The average Bonchev–Trinajstić information content (AvgIpc) is 1.67. The molecule has 12 heterocycles. The summed E-state index contributed by atoms with van der Waals surface area (Å²) in [6.07, 6.45) is 14.1. The highest BCUT2D eigenvalue weighted by Gasteiger charge is 2.31. The van der Waals surface area contributed by atoms with Gasteiger partial charge < -0.3 is 35.6 Å². The average molecular weight is 1660 g/mol. The molecule has 0 radical (unpaired) electrons. The molecule has 0 bridgehead atoms. The number of carbonyl (C=O) groups is 4. The Morgan fingerprint density at radius 3 is 1.23 bits per heavy atom. The summed E-state index contributed by atoms with van der Waals surface area (Å²) in [4.78, 5) is 84.3. The number of rotatable bonds is 18. The number of nitrogens with one attached hydrogen (secondary N) is 8. The molecule has 0 saturated carbocycles. The Balaban J connectivity index is 0.000000122. The molecule has 0 spiro atoms. The fourth-order valence-corrected chi connectivity index (χ4v) is 13.3. The number of piperazine rings is 1. The second kappa shape index (κ2) is 37.2. The number of ether oxygens (including phenoxy) is 2. The maximum Gasteiger partial charge on any atom is 0.417 e. The molecule has 1 aliphatic heterocycles. The van der Waals surface area contributed by atoms with E-state index >= 15 is 0 Å². The number of hydrogen-bond donors (Lipinski definition) is 8. The van der Waals surface area contributed by atoms with Crippen molar-refractivity contribution in [2.24, 2.45) is 0 Å². The van der Waals surface area contributed by atoms with Gasteiger partial charge in [-0.3, -0.25) is 69.4 Å². The van der Waals surface area contributed by atoms with Gasteiger partial charge in [0.1, 0.15) is 11.6 Å². The van der Waals surface area contributed by atoms with Crippen LogP contribution in [0.4, 0.5) is 44.7 Å². The third kappa shape index (κ3) is 19.9. The van der Waals surface area contributed by atoms with Crippen molar-refractivity contribution in [3.05, 3.63) is 344 Å². The molecule has 32 heteroatoms. The molecular formula is C92H70F5N21O6. The van der Waals surface area contributed by atoms with Crippen LogP contribution in [0.1, 0.15) is 53.1 Å². The predicted octanol–water partition coefficient (Wildman–Crippen LogP) is 18.3. The lowest BCUT2D eigenvalue weighted by Gasteiger charge is -2.32. The van der Waals surface area contributed by atoms with Gasteiger partial charge in [-0.25, -0.2) is 18.7 Å². The minimum Gasteiger partial charge on any atom is -0.439 e. The summed E-state index contributed by atoms with van der Waals surface area (Å²) in [5, 5.41) is 42.0. The van der Waals surface area contributed by atoms with Gasteiger partial charge in [-0.15, -0.1) is 0 Å². The Kier molecular flexibility index (Phi) is 24.4. The van der Waals surface area contributed by atoms with E-state index < -0.39 is 29.3 Å². The molecular weight excluding hydrogens is 1590 g/mol. The summed E-state index contributed by atoms with van der Waals surface area (Å²) in [6.45, 7) is 5.32. The van der Waals surface area contributed by atoms with Crippen molar-refractivity contribution in [3.63, 3.8) is 0 Å². The molecule has 1 fully saturated rings. The molecule has 614 valence electrons. The van der Waals surface area contributed by atoms with Gasteiger partial charge in [0, 0.05) is 168 Å². The van der Waals surface area contributed by atoms with E-state index in [0.717, 1.165) is 106 Å². The van der Waals surface area contributed by atoms with Crippen LogP contribution in [0.25, 0.3) is 88.1 Å². The number of benzene rings is 7. The van der Waals surface area contributed by atoms with Gasteiger partial charge >= 0.3 is 6.18 Å². The van der Waals surface area contributed by atoms with E-state index in [9.17, 15) is 41.1 Å². The quantitative estimate of drug-likeness (QED) is 0.0370. The van der Waals surface area contributed by atoms with Crippen LogP contribution in [0.2, 0.25) is 0 Å². The Hall–Kier alpha value is -16.5. The highest BCUT2D eigenvalue weighted by Crippen LogP contribution is 2.35. The monoisotopic (exact) mass is 1660 g/mol. The lowest BCUT2D eigenvalue weighted by molar-refractivity contribution is -0.137. The Bertz CT molecular complexity index is 6800. The molecule has 1 saturated heterocycles. The zero-order valence-corrected chi connectivity index (χ0v) is 65.5. The van der Waals surface area contributed by atoms with Crippen molar-refractivity contribution < 1.29 is 50.6 Å². The summed E-state index contributed by atoms with van der Waals surface area (Å²) in [7, 11) is 2.16. The standard InChI is InChI=1S/C25H26N6O.2C24H16FN5O2.C19H12F3N5O/c1-30-11-13-31(14-12-30)17-18-4-7-21(8-5-18)27-25(32)24-22-15-19(6-9-23(22)28-29-24)20-3-2-10-26-16-20;25-17-4-1-5-19(12-17)32-22-9-7-18(14-27-22)28-24(31)23-20-11-15(6-8-21(20)29-30-23)16-3-2-10-26-13-16;25-19-5-1-2-6-21(19)32-22-10-8-17(14-27-22)28-24(31)23-18-12-15(7-9-20(18)29-30-23)16-4-3-11-26-13-16;20-19(21,22)13-7-12(9-24-10-13)11-1-2-16-15(8-11)17(27-26-16)18(28)25-14-3-5-23-6-4-14/h2-10,15-16H,11-14,17H2,1H3,(H,27,32)(H,28,29);2*1-14H,(H,28,31)(H,29,30);1-10H,(H,26,27)(H,23,25,28). The number of likely N-dealkylation sites (N-methyl/N-ethyl adjacent to an activating group) is 1. The fourth-order valence-electron chi connectivity index (χ4n) is 13.3. The number of nitrogens with zero attached hydrogens (tertiary/aromatic N) is 13. The van der Waals surface area contributed by atoms with Crippen molar-refractivity contribution in [3.8, 4) is 67.8 Å². The number of alkyl halides is 3. The predicted molar refractivity (Wildman–Crippen MR) is 459 cm³/mol. The van der Waals surface area contributed by atoms with Crippen molar-refractivity contribution >= 4 is 90.0 Å². The van der Waals surface area contributed by atoms with E-state index in [1.807, 2.05) is 109 Å². The van der Waals surface area contributed by atoms with Crippen LogP contribution in [0.5, 0.6) is 23.3 Å². The Morgan fingerprint density at radius 1 is 0.379 bits per heavy atom. The summed E-state index contributed by atoms with van der Waals surface area (Å²) in [6, 6.07) is 64.4. The Labute approximate surface area is 701 Å². The van der Waals surface area contributed by atoms with Crippen LogP contribution >= 0.6 is 0 Å². The van der Waals surface area contributed by atoms with Crippen LogP contribution < -0.4 is 30.7 Å². The molecule has 0 aliphatic carbocycles. The first-order valence-electron chi connectivity index (χ1n) is 38.5. The first kappa shape index (κ1) is 81.3. The van der Waals surface area contributed by atoms with Gasteiger partial charge in [0.15, 0.2) is 34.3 Å². The van der Waals surface area contributed by atoms with E-state index in [1.54, 1.807) is 110 Å². The van der Waals surface area contributed by atoms with E-state index in [0.29, 0.717) is 61.3 Å². The van der Waals surface area contributed by atoms with Crippen LogP contribution in [-0.4, -0.2) is 142 Å². The van der Waals surface area contributed by atoms with Gasteiger partial charge in [0.25, 0.3) is 23.6 Å². The van der Waals surface area contributed by atoms with Gasteiger partial charge in [-0.1, -0.05) is 72.8 Å². The number of pyridine rings is 7. The van der Waals surface area contributed by atoms with Gasteiger partial charge in [0.05, 0.1) is 51.4 Å². The number of amides is 4. The van der Waals surface area contributed by atoms with E-state index in [-0.39, 0.29) is 52.3 Å². The van der Waals surface area contributed by atoms with Gasteiger partial charge in [-0.05, 0) is 168 Å². The Morgan fingerprint density at radius 2 is 0.806 bits per heavy atom. The molecule has 4 amide bonds. The van der Waals surface area contributed by atoms with Crippen molar-refractivity contribution in [2.45, 2.75) is 12.7 Å². The zero-order valence-electron chi connectivity index (χ0n) is 65.5. The van der Waals surface area contributed by atoms with Gasteiger partial charge in [-0.2, -0.15) is 33.6 Å². The largest absolute Gasteiger partial charge is 0.439 e. The number of para-hydroxylation sites is 1. The molecule has 18 aromatic rings. The van der Waals surface area contributed by atoms with Crippen LogP contribution in [0, 0.1) is 11.6 Å². The second-order valence-electron chi connectivity index (χ2n) is 28.2. The van der Waals surface area contributed by atoms with E-state index in [1.165, 1.54) is 60.8 Å². The van der Waals surface area contributed by atoms with Crippen LogP contribution in [-0.2, 0) is 12.7 Å². The van der Waals surface area contributed by atoms with Gasteiger partial charge in [0.2, 0.25) is 11.8 Å². The van der Waals surface area contributed by atoms with E-state index in [2.05, 4.69) is 126 Å². The molecule has 124 heavy (non-hydrogen) atoms.